The first-order chi connectivity index (χ1) is 12.2. The van der Waals surface area contributed by atoms with Gasteiger partial charge >= 0.3 is 0 Å². The van der Waals surface area contributed by atoms with Gasteiger partial charge in [0.25, 0.3) is 11.8 Å². The van der Waals surface area contributed by atoms with Crippen molar-refractivity contribution in [2.75, 3.05) is 5.32 Å². The molecule has 25 heavy (non-hydrogen) atoms. The van der Waals surface area contributed by atoms with Crippen LogP contribution in [0.2, 0.25) is 0 Å². The minimum atomic E-state index is -0.465. The topological polar surface area (TPSA) is 84.0 Å². The van der Waals surface area contributed by atoms with Crippen LogP contribution in [0.15, 0.2) is 72.1 Å². The van der Waals surface area contributed by atoms with Crippen molar-refractivity contribution < 1.29 is 9.59 Å². The Kier molecular flexibility index (Phi) is 5.28. The average molecular weight is 350 g/mol. The van der Waals surface area contributed by atoms with E-state index in [-0.39, 0.29) is 11.6 Å². The van der Waals surface area contributed by atoms with Crippen molar-refractivity contribution >= 4 is 35.0 Å². The molecule has 7 heteroatoms. The van der Waals surface area contributed by atoms with Crippen LogP contribution < -0.4 is 10.6 Å². The van der Waals surface area contributed by atoms with E-state index in [1.54, 1.807) is 72.5 Å². The van der Waals surface area contributed by atoms with Crippen LogP contribution in [0, 0.1) is 0 Å². The Morgan fingerprint density at radius 3 is 2.64 bits per heavy atom. The van der Waals surface area contributed by atoms with E-state index in [1.165, 1.54) is 11.3 Å². The molecular formula is C18H14N4O2S. The van der Waals surface area contributed by atoms with E-state index in [0.717, 1.165) is 0 Å². The van der Waals surface area contributed by atoms with Gasteiger partial charge < -0.3 is 10.6 Å². The van der Waals surface area contributed by atoms with Crippen molar-refractivity contribution in [3.63, 3.8) is 0 Å². The monoisotopic (exact) mass is 350 g/mol. The summed E-state index contributed by atoms with van der Waals surface area (Å²) >= 11 is 1.30. The molecule has 0 aromatic carbocycles. The van der Waals surface area contributed by atoms with Crippen LogP contribution >= 0.6 is 11.3 Å². The molecule has 0 radical (unpaired) electrons. The molecule has 0 fully saturated rings. The maximum absolute atomic E-state index is 12.6. The fourth-order valence-electron chi connectivity index (χ4n) is 2.00. The number of thiophene rings is 1. The molecule has 2 amide bonds. The van der Waals surface area contributed by atoms with Gasteiger partial charge in [-0.2, -0.15) is 0 Å². The van der Waals surface area contributed by atoms with Crippen LogP contribution in [-0.2, 0) is 4.79 Å². The summed E-state index contributed by atoms with van der Waals surface area (Å²) in [5, 5.41) is 7.11. The number of pyridine rings is 2. The van der Waals surface area contributed by atoms with Crippen molar-refractivity contribution in [2.24, 2.45) is 0 Å². The highest BCUT2D eigenvalue weighted by Gasteiger charge is 2.15. The van der Waals surface area contributed by atoms with E-state index >= 15 is 0 Å². The zero-order chi connectivity index (χ0) is 17.5. The van der Waals surface area contributed by atoms with Gasteiger partial charge in [0.2, 0.25) is 0 Å². The van der Waals surface area contributed by atoms with Crippen molar-refractivity contribution in [3.05, 3.63) is 82.6 Å². The number of amides is 2. The van der Waals surface area contributed by atoms with Crippen LogP contribution in [0.25, 0.3) is 6.08 Å². The number of carbonyl (C=O) groups excluding carboxylic acids is 2. The number of hydrogen-bond acceptors (Lipinski definition) is 5. The van der Waals surface area contributed by atoms with Gasteiger partial charge in [-0.1, -0.05) is 18.2 Å². The summed E-state index contributed by atoms with van der Waals surface area (Å²) in [5.74, 6) is -0.413. The molecule has 0 aliphatic carbocycles. The molecule has 0 aliphatic heterocycles. The number of rotatable bonds is 5. The summed E-state index contributed by atoms with van der Waals surface area (Å²) < 4.78 is 0. The summed E-state index contributed by atoms with van der Waals surface area (Å²) in [4.78, 5) is 33.5. The fourth-order valence-corrected chi connectivity index (χ4v) is 2.62. The Morgan fingerprint density at radius 2 is 1.96 bits per heavy atom. The number of hydrogen-bond donors (Lipinski definition) is 2. The van der Waals surface area contributed by atoms with Gasteiger partial charge in [0.15, 0.2) is 0 Å². The van der Waals surface area contributed by atoms with Crippen LogP contribution in [0.4, 0.5) is 5.82 Å². The first kappa shape index (κ1) is 16.5. The molecule has 3 aromatic heterocycles. The van der Waals surface area contributed by atoms with E-state index in [9.17, 15) is 9.59 Å². The van der Waals surface area contributed by atoms with Gasteiger partial charge in [-0.15, -0.1) is 11.3 Å². The Labute approximate surface area is 148 Å². The van der Waals surface area contributed by atoms with Crippen LogP contribution in [0.1, 0.15) is 15.2 Å². The molecule has 124 valence electrons. The number of anilines is 1. The minimum Gasteiger partial charge on any atom is -0.317 e. The number of nitrogens with one attached hydrogen (secondary N) is 2. The molecule has 0 unspecified atom stereocenters. The maximum Gasteiger partial charge on any atom is 0.273 e. The third kappa shape index (κ3) is 4.58. The zero-order valence-electron chi connectivity index (χ0n) is 13.0. The molecule has 0 spiro atoms. The standard InChI is InChI=1S/C18H14N4O2S/c23-17(22-16-7-1-2-9-20-16)14(11-13-5-3-8-19-12-13)21-18(24)15-6-4-10-25-15/h1-12H,(H,21,24)(H,20,22,23). The lowest BCUT2D eigenvalue weighted by Gasteiger charge is -2.10. The van der Waals surface area contributed by atoms with Crippen molar-refractivity contribution in [3.8, 4) is 0 Å². The maximum atomic E-state index is 12.6. The molecule has 2 N–H and O–H groups in total. The Hall–Kier alpha value is -3.32. The lowest BCUT2D eigenvalue weighted by molar-refractivity contribution is -0.113. The van der Waals surface area contributed by atoms with Crippen LogP contribution in [-0.4, -0.2) is 21.8 Å². The predicted molar refractivity (Wildman–Crippen MR) is 96.9 cm³/mol. The lowest BCUT2D eigenvalue weighted by Crippen LogP contribution is -2.30. The van der Waals surface area contributed by atoms with Gasteiger partial charge in [0.1, 0.15) is 11.5 Å². The van der Waals surface area contributed by atoms with E-state index in [1.807, 2.05) is 0 Å². The van der Waals surface area contributed by atoms with Gasteiger partial charge in [0.05, 0.1) is 4.88 Å². The fraction of sp³-hybridized carbons (Fsp3) is 0. The average Bonchev–Trinajstić information content (AvgIpc) is 3.18. The highest BCUT2D eigenvalue weighted by molar-refractivity contribution is 7.12. The quantitative estimate of drug-likeness (QED) is 0.693. The highest BCUT2D eigenvalue weighted by atomic mass is 32.1. The van der Waals surface area contributed by atoms with E-state index in [4.69, 9.17) is 0 Å². The SMILES string of the molecule is O=C(Nc1ccccn1)C(=Cc1cccnc1)NC(=O)c1cccs1. The molecule has 0 atom stereocenters. The molecule has 3 heterocycles. The van der Waals surface area contributed by atoms with Gasteiger partial charge in [-0.3, -0.25) is 14.6 Å². The van der Waals surface area contributed by atoms with Crippen molar-refractivity contribution in [1.29, 1.82) is 0 Å². The second-order valence-electron chi connectivity index (χ2n) is 4.94. The van der Waals surface area contributed by atoms with Gasteiger partial charge in [0, 0.05) is 18.6 Å². The normalized spacial score (nSPS) is 11.0. The van der Waals surface area contributed by atoms with E-state index in [2.05, 4.69) is 20.6 Å². The third-order valence-electron chi connectivity index (χ3n) is 3.14. The third-order valence-corrected chi connectivity index (χ3v) is 4.01. The number of carbonyl (C=O) groups is 2. The summed E-state index contributed by atoms with van der Waals surface area (Å²) in [6.45, 7) is 0. The second-order valence-corrected chi connectivity index (χ2v) is 5.89. The lowest BCUT2D eigenvalue weighted by atomic mass is 10.2. The second kappa shape index (κ2) is 7.98. The van der Waals surface area contributed by atoms with Crippen LogP contribution in [0.5, 0.6) is 0 Å². The molecule has 0 saturated heterocycles. The molecule has 0 aliphatic rings. The van der Waals surface area contributed by atoms with Crippen molar-refractivity contribution in [1.82, 2.24) is 15.3 Å². The summed E-state index contributed by atoms with van der Waals surface area (Å²) in [7, 11) is 0. The highest BCUT2D eigenvalue weighted by Crippen LogP contribution is 2.11. The smallest absolute Gasteiger partial charge is 0.273 e. The minimum absolute atomic E-state index is 0.108. The first-order valence-electron chi connectivity index (χ1n) is 7.41. The predicted octanol–water partition coefficient (Wildman–Crippen LogP) is 2.95. The van der Waals surface area contributed by atoms with E-state index in [0.29, 0.717) is 16.3 Å². The van der Waals surface area contributed by atoms with Crippen LogP contribution in [0.3, 0.4) is 0 Å². The zero-order valence-corrected chi connectivity index (χ0v) is 13.9. The Balaban J connectivity index is 1.84. The molecule has 3 rings (SSSR count). The molecular weight excluding hydrogens is 336 g/mol. The van der Waals surface area contributed by atoms with Gasteiger partial charge in [-0.25, -0.2) is 4.98 Å². The summed E-state index contributed by atoms with van der Waals surface area (Å²) in [6, 6.07) is 12.2. The van der Waals surface area contributed by atoms with Crippen molar-refractivity contribution in [2.45, 2.75) is 0 Å². The summed E-state index contributed by atoms with van der Waals surface area (Å²) in [6.07, 6.45) is 6.38. The van der Waals surface area contributed by atoms with Gasteiger partial charge in [-0.05, 0) is 41.3 Å². The van der Waals surface area contributed by atoms with E-state index < -0.39 is 5.91 Å². The largest absolute Gasteiger partial charge is 0.317 e. The molecule has 3 aromatic rings. The molecule has 0 saturated carbocycles. The number of nitrogens with zero attached hydrogens (tertiary/aromatic N) is 2. The Bertz CT molecular complexity index is 878. The number of aromatic nitrogens is 2. The summed E-state index contributed by atoms with van der Waals surface area (Å²) in [5.41, 5.74) is 0.803. The Morgan fingerprint density at radius 1 is 1.04 bits per heavy atom. The first-order valence-corrected chi connectivity index (χ1v) is 8.29. The molecule has 0 bridgehead atoms. The molecule has 6 nitrogen and oxygen atoms in total.